The number of rotatable bonds is 6. The minimum Gasteiger partial charge on any atom is -0.351 e. The number of likely N-dealkylation sites (tertiary alicyclic amines) is 1. The van der Waals surface area contributed by atoms with Gasteiger partial charge in [-0.25, -0.2) is 4.68 Å². The first-order valence-electron chi connectivity index (χ1n) is 10.9. The molecule has 1 aromatic carbocycles. The first-order chi connectivity index (χ1) is 14.5. The number of aryl methyl sites for hydroxylation is 2. The van der Waals surface area contributed by atoms with Gasteiger partial charge in [0.25, 0.3) is 5.91 Å². The van der Waals surface area contributed by atoms with Crippen molar-refractivity contribution in [1.82, 2.24) is 24.6 Å². The Bertz CT molecular complexity index is 1000. The molecule has 0 spiro atoms. The molecule has 6 nitrogen and oxygen atoms in total. The molecule has 1 amide bonds. The van der Waals surface area contributed by atoms with E-state index in [-0.39, 0.29) is 5.91 Å². The van der Waals surface area contributed by atoms with E-state index in [9.17, 15) is 4.79 Å². The van der Waals surface area contributed by atoms with Gasteiger partial charge in [-0.05, 0) is 70.0 Å². The van der Waals surface area contributed by atoms with Crippen molar-refractivity contribution in [2.75, 3.05) is 19.6 Å². The predicted octanol–water partition coefficient (Wildman–Crippen LogP) is 3.88. The van der Waals surface area contributed by atoms with Gasteiger partial charge in [-0.15, -0.1) is 0 Å². The molecule has 3 aromatic rings. The van der Waals surface area contributed by atoms with Crippen molar-refractivity contribution in [2.45, 2.75) is 46.1 Å². The van der Waals surface area contributed by atoms with Gasteiger partial charge in [-0.2, -0.15) is 5.10 Å². The molecule has 1 N–H and O–H groups in total. The van der Waals surface area contributed by atoms with Crippen LogP contribution in [0.1, 0.15) is 47.8 Å². The van der Waals surface area contributed by atoms with Crippen molar-refractivity contribution >= 4 is 5.91 Å². The summed E-state index contributed by atoms with van der Waals surface area (Å²) in [5.41, 5.74) is 3.45. The molecule has 6 heteroatoms. The average Bonchev–Trinajstić information content (AvgIpc) is 3.37. The van der Waals surface area contributed by atoms with E-state index in [1.54, 1.807) is 0 Å². The van der Waals surface area contributed by atoms with E-state index < -0.39 is 0 Å². The van der Waals surface area contributed by atoms with Gasteiger partial charge in [-0.1, -0.05) is 18.6 Å². The third-order valence-corrected chi connectivity index (χ3v) is 5.98. The van der Waals surface area contributed by atoms with Crippen LogP contribution in [0.2, 0.25) is 0 Å². The van der Waals surface area contributed by atoms with Crippen molar-refractivity contribution in [1.29, 1.82) is 0 Å². The van der Waals surface area contributed by atoms with Crippen molar-refractivity contribution in [3.63, 3.8) is 0 Å². The highest BCUT2D eigenvalue weighted by atomic mass is 16.1. The molecule has 30 heavy (non-hydrogen) atoms. The molecule has 0 aliphatic carbocycles. The fourth-order valence-electron chi connectivity index (χ4n) is 4.33. The summed E-state index contributed by atoms with van der Waals surface area (Å²) in [5, 5.41) is 7.87. The monoisotopic (exact) mass is 405 g/mol. The molecule has 0 saturated carbocycles. The zero-order chi connectivity index (χ0) is 21.1. The van der Waals surface area contributed by atoms with Crippen molar-refractivity contribution in [3.05, 3.63) is 65.6 Å². The number of aromatic nitrogens is 3. The highest BCUT2D eigenvalue weighted by molar-refractivity contribution is 5.98. The van der Waals surface area contributed by atoms with E-state index in [0.29, 0.717) is 18.2 Å². The van der Waals surface area contributed by atoms with Gasteiger partial charge < -0.3 is 9.88 Å². The van der Waals surface area contributed by atoms with Gasteiger partial charge in [0.05, 0.1) is 11.4 Å². The van der Waals surface area contributed by atoms with Crippen LogP contribution < -0.4 is 5.32 Å². The zero-order valence-corrected chi connectivity index (χ0v) is 18.1. The van der Waals surface area contributed by atoms with E-state index in [0.717, 1.165) is 35.9 Å². The largest absolute Gasteiger partial charge is 0.351 e. The standard InChI is InChI=1S/C24H31N5O/c1-18-9-8-11-21(17-18)29-24(28-14-6-7-15-28)22(20(3)26-29)23(30)25-12-16-27-13-5-4-10-19(27)2/h6-9,11,14-15,17,19H,4-5,10,12-13,16H2,1-3H3,(H,25,30). The maximum atomic E-state index is 13.2. The molecule has 0 bridgehead atoms. The third kappa shape index (κ3) is 4.19. The molecule has 1 saturated heterocycles. The molecular formula is C24H31N5O. The predicted molar refractivity (Wildman–Crippen MR) is 120 cm³/mol. The second-order valence-corrected chi connectivity index (χ2v) is 8.26. The molecule has 2 aromatic heterocycles. The second-order valence-electron chi connectivity index (χ2n) is 8.26. The van der Waals surface area contributed by atoms with Crippen molar-refractivity contribution in [2.24, 2.45) is 0 Å². The van der Waals surface area contributed by atoms with Crippen LogP contribution >= 0.6 is 0 Å². The molecule has 0 radical (unpaired) electrons. The Morgan fingerprint density at radius 2 is 1.97 bits per heavy atom. The number of carbonyl (C=O) groups excluding carboxylic acids is 1. The Labute approximate surface area is 178 Å². The van der Waals surface area contributed by atoms with Crippen LogP contribution in [0.5, 0.6) is 0 Å². The average molecular weight is 406 g/mol. The van der Waals surface area contributed by atoms with Crippen LogP contribution in [0.4, 0.5) is 0 Å². The summed E-state index contributed by atoms with van der Waals surface area (Å²) in [4.78, 5) is 15.7. The Morgan fingerprint density at radius 3 is 2.70 bits per heavy atom. The first kappa shape index (κ1) is 20.4. The summed E-state index contributed by atoms with van der Waals surface area (Å²) in [5.74, 6) is 0.701. The summed E-state index contributed by atoms with van der Waals surface area (Å²) in [6.45, 7) is 8.89. The fraction of sp³-hybridized carbons (Fsp3) is 0.417. The molecule has 3 heterocycles. The summed E-state index contributed by atoms with van der Waals surface area (Å²) < 4.78 is 3.83. The number of carbonyl (C=O) groups is 1. The molecule has 1 aliphatic rings. The minimum absolute atomic E-state index is 0.0697. The smallest absolute Gasteiger partial charge is 0.257 e. The van der Waals surface area contributed by atoms with Crippen molar-refractivity contribution in [3.8, 4) is 11.5 Å². The highest BCUT2D eigenvalue weighted by Gasteiger charge is 2.24. The Kier molecular flexibility index (Phi) is 6.04. The van der Waals surface area contributed by atoms with E-state index in [4.69, 9.17) is 5.10 Å². The molecule has 1 unspecified atom stereocenters. The van der Waals surface area contributed by atoms with Crippen LogP contribution in [0.15, 0.2) is 48.8 Å². The molecular weight excluding hydrogens is 374 g/mol. The normalized spacial score (nSPS) is 17.2. The number of nitrogens with zero attached hydrogens (tertiary/aromatic N) is 4. The lowest BCUT2D eigenvalue weighted by Gasteiger charge is -2.33. The summed E-state index contributed by atoms with van der Waals surface area (Å²) >= 11 is 0. The summed E-state index contributed by atoms with van der Waals surface area (Å²) in [6, 6.07) is 12.7. The van der Waals surface area contributed by atoms with Crippen LogP contribution in [0.3, 0.4) is 0 Å². The summed E-state index contributed by atoms with van der Waals surface area (Å²) in [6.07, 6.45) is 7.71. The maximum Gasteiger partial charge on any atom is 0.257 e. The fourth-order valence-corrected chi connectivity index (χ4v) is 4.33. The Balaban J connectivity index is 1.60. The molecule has 1 atom stereocenters. The zero-order valence-electron chi connectivity index (χ0n) is 18.1. The van der Waals surface area contributed by atoms with Gasteiger partial charge in [-0.3, -0.25) is 9.69 Å². The molecule has 4 rings (SSSR count). The van der Waals surface area contributed by atoms with Gasteiger partial charge >= 0.3 is 0 Å². The number of amides is 1. The van der Waals surface area contributed by atoms with E-state index in [1.165, 1.54) is 19.3 Å². The van der Waals surface area contributed by atoms with Gasteiger partial charge in [0.15, 0.2) is 5.82 Å². The van der Waals surface area contributed by atoms with Crippen molar-refractivity contribution < 1.29 is 4.79 Å². The van der Waals surface area contributed by atoms with E-state index in [2.05, 4.69) is 36.2 Å². The number of nitrogens with one attached hydrogen (secondary N) is 1. The van der Waals surface area contributed by atoms with E-state index in [1.807, 2.05) is 52.8 Å². The third-order valence-electron chi connectivity index (χ3n) is 5.98. The van der Waals surface area contributed by atoms with Gasteiger partial charge in [0.1, 0.15) is 5.56 Å². The first-order valence-corrected chi connectivity index (χ1v) is 10.9. The SMILES string of the molecule is Cc1cccc(-n2nc(C)c(C(=O)NCCN3CCCCC3C)c2-n2cccc2)c1. The highest BCUT2D eigenvalue weighted by Crippen LogP contribution is 2.23. The maximum absolute atomic E-state index is 13.2. The Morgan fingerprint density at radius 1 is 1.17 bits per heavy atom. The lowest BCUT2D eigenvalue weighted by molar-refractivity contribution is 0.0938. The van der Waals surface area contributed by atoms with Gasteiger partial charge in [0.2, 0.25) is 0 Å². The topological polar surface area (TPSA) is 55.1 Å². The molecule has 1 aliphatic heterocycles. The van der Waals surface area contributed by atoms with Crippen LogP contribution in [0, 0.1) is 13.8 Å². The lowest BCUT2D eigenvalue weighted by Crippen LogP contribution is -2.42. The molecule has 1 fully saturated rings. The van der Waals surface area contributed by atoms with Crippen LogP contribution in [-0.4, -0.2) is 50.8 Å². The summed E-state index contributed by atoms with van der Waals surface area (Å²) in [7, 11) is 0. The number of benzene rings is 1. The quantitative estimate of drug-likeness (QED) is 0.677. The number of piperidine rings is 1. The molecule has 158 valence electrons. The number of hydrogen-bond donors (Lipinski definition) is 1. The van der Waals surface area contributed by atoms with Gasteiger partial charge in [0, 0.05) is 31.5 Å². The van der Waals surface area contributed by atoms with Crippen LogP contribution in [0.25, 0.3) is 11.5 Å². The van der Waals surface area contributed by atoms with Crippen LogP contribution in [-0.2, 0) is 0 Å². The minimum atomic E-state index is -0.0697. The second kappa shape index (κ2) is 8.88. The Hall–Kier alpha value is -2.86. The lowest BCUT2D eigenvalue weighted by atomic mass is 10.0. The van der Waals surface area contributed by atoms with E-state index >= 15 is 0 Å². The number of hydrogen-bond acceptors (Lipinski definition) is 3.